The third-order valence-electron chi connectivity index (χ3n) is 3.94. The van der Waals surface area contributed by atoms with Crippen LogP contribution in [0.3, 0.4) is 0 Å². The van der Waals surface area contributed by atoms with E-state index in [0.717, 1.165) is 32.3 Å². The fourth-order valence-corrected chi connectivity index (χ4v) is 2.88. The highest BCUT2D eigenvalue weighted by molar-refractivity contribution is 5.68. The summed E-state index contributed by atoms with van der Waals surface area (Å²) in [4.78, 5) is 14.0. The second-order valence-corrected chi connectivity index (χ2v) is 7.10. The molecule has 0 saturated carbocycles. The van der Waals surface area contributed by atoms with Crippen molar-refractivity contribution in [2.75, 3.05) is 13.2 Å². The quantitative estimate of drug-likeness (QED) is 0.785. The Hall–Kier alpha value is -0.810. The van der Waals surface area contributed by atoms with E-state index in [-0.39, 0.29) is 24.5 Å². The molecule has 0 spiro atoms. The summed E-state index contributed by atoms with van der Waals surface area (Å²) < 4.78 is 17.1. The number of ether oxygens (including phenoxy) is 3. The van der Waals surface area contributed by atoms with E-state index in [2.05, 4.69) is 6.92 Å². The second kappa shape index (κ2) is 6.97. The smallest absolute Gasteiger partial charge is 0.410 e. The van der Waals surface area contributed by atoms with Crippen molar-refractivity contribution in [3.05, 3.63) is 0 Å². The molecule has 0 aromatic rings. The van der Waals surface area contributed by atoms with Gasteiger partial charge in [0.2, 0.25) is 0 Å². The lowest BCUT2D eigenvalue weighted by Crippen LogP contribution is -2.49. The summed E-state index contributed by atoms with van der Waals surface area (Å²) in [5.41, 5.74) is -0.444. The van der Waals surface area contributed by atoms with Crippen LogP contribution >= 0.6 is 0 Å². The highest BCUT2D eigenvalue weighted by Gasteiger charge is 2.33. The Kier molecular flexibility index (Phi) is 5.49. The maximum absolute atomic E-state index is 12.2. The first-order valence-corrected chi connectivity index (χ1v) is 8.12. The Bertz CT molecular complexity index is 347. The van der Waals surface area contributed by atoms with E-state index in [1.807, 2.05) is 25.7 Å². The van der Waals surface area contributed by atoms with Crippen molar-refractivity contribution in [3.8, 4) is 0 Å². The van der Waals surface area contributed by atoms with Gasteiger partial charge in [-0.05, 0) is 59.8 Å². The molecule has 5 nitrogen and oxygen atoms in total. The van der Waals surface area contributed by atoms with Crippen LogP contribution in [0.2, 0.25) is 0 Å². The molecule has 1 amide bonds. The van der Waals surface area contributed by atoms with Crippen molar-refractivity contribution >= 4 is 6.09 Å². The fourth-order valence-electron chi connectivity index (χ4n) is 2.88. The van der Waals surface area contributed by atoms with Crippen LogP contribution in [0.25, 0.3) is 0 Å². The fraction of sp³-hybridized carbons (Fsp3) is 0.938. The Balaban J connectivity index is 1.79. The van der Waals surface area contributed by atoms with E-state index in [1.165, 1.54) is 6.42 Å². The molecular formula is C16H29NO4. The predicted octanol–water partition coefficient (Wildman–Crippen LogP) is 3.32. The minimum absolute atomic E-state index is 0.0518. The van der Waals surface area contributed by atoms with Gasteiger partial charge in [-0.15, -0.1) is 0 Å². The summed E-state index contributed by atoms with van der Waals surface area (Å²) in [6.07, 6.45) is 4.90. The molecule has 0 aromatic carbocycles. The lowest BCUT2D eigenvalue weighted by molar-refractivity contribution is -0.197. The molecule has 122 valence electrons. The lowest BCUT2D eigenvalue weighted by atomic mass is 10.0. The summed E-state index contributed by atoms with van der Waals surface area (Å²) in [6, 6.07) is 0.141. The maximum atomic E-state index is 12.2. The van der Waals surface area contributed by atoms with Gasteiger partial charge in [-0.25, -0.2) is 4.79 Å². The van der Waals surface area contributed by atoms with Gasteiger partial charge in [-0.1, -0.05) is 0 Å². The molecule has 0 N–H and O–H groups in total. The Morgan fingerprint density at radius 3 is 2.57 bits per heavy atom. The highest BCUT2D eigenvalue weighted by Crippen LogP contribution is 2.25. The van der Waals surface area contributed by atoms with Crippen LogP contribution in [0.1, 0.15) is 59.8 Å². The number of amides is 1. The third kappa shape index (κ3) is 5.15. The third-order valence-corrected chi connectivity index (χ3v) is 3.94. The number of hydrogen-bond donors (Lipinski definition) is 0. The van der Waals surface area contributed by atoms with Crippen molar-refractivity contribution in [1.82, 2.24) is 4.90 Å². The van der Waals surface area contributed by atoms with E-state index >= 15 is 0 Å². The van der Waals surface area contributed by atoms with Gasteiger partial charge in [0, 0.05) is 19.2 Å². The normalized spacial score (nSPS) is 31.0. The van der Waals surface area contributed by atoms with Crippen LogP contribution in [0.4, 0.5) is 4.79 Å². The number of nitrogens with zero attached hydrogens (tertiary/aromatic N) is 1. The van der Waals surface area contributed by atoms with Gasteiger partial charge >= 0.3 is 6.09 Å². The Morgan fingerprint density at radius 2 is 2.00 bits per heavy atom. The van der Waals surface area contributed by atoms with Gasteiger partial charge in [0.15, 0.2) is 6.29 Å². The standard InChI is InChI=1S/C16H29NO4/c1-12-11-13(20-14-7-5-6-10-19-14)8-9-17(12)15(18)21-16(2,3)4/h12-14H,5-11H2,1-4H3. The van der Waals surface area contributed by atoms with E-state index in [4.69, 9.17) is 14.2 Å². The molecule has 2 aliphatic rings. The zero-order valence-corrected chi connectivity index (χ0v) is 13.8. The topological polar surface area (TPSA) is 48.0 Å². The van der Waals surface area contributed by atoms with Crippen LogP contribution in [-0.4, -0.2) is 48.2 Å². The van der Waals surface area contributed by atoms with E-state index in [1.54, 1.807) is 0 Å². The molecule has 0 aliphatic carbocycles. The van der Waals surface area contributed by atoms with Crippen LogP contribution < -0.4 is 0 Å². The summed E-state index contributed by atoms with van der Waals surface area (Å²) in [7, 11) is 0. The molecule has 2 aliphatic heterocycles. The van der Waals surface area contributed by atoms with Crippen LogP contribution in [0, 0.1) is 0 Å². The van der Waals surface area contributed by atoms with E-state index in [9.17, 15) is 4.79 Å². The molecule has 3 unspecified atom stereocenters. The average molecular weight is 299 g/mol. The first-order chi connectivity index (χ1) is 9.85. The molecule has 21 heavy (non-hydrogen) atoms. The van der Waals surface area contributed by atoms with Crippen LogP contribution in [0.15, 0.2) is 0 Å². The molecule has 2 saturated heterocycles. The molecular weight excluding hydrogens is 270 g/mol. The number of carbonyl (C=O) groups excluding carboxylic acids is 1. The van der Waals surface area contributed by atoms with E-state index < -0.39 is 5.60 Å². The number of piperidine rings is 1. The van der Waals surface area contributed by atoms with Gasteiger partial charge in [0.05, 0.1) is 6.10 Å². The number of rotatable bonds is 2. The summed E-state index contributed by atoms with van der Waals surface area (Å²) in [6.45, 7) is 9.23. The Morgan fingerprint density at radius 1 is 1.24 bits per heavy atom. The minimum atomic E-state index is -0.444. The number of likely N-dealkylation sites (tertiary alicyclic amines) is 1. The second-order valence-electron chi connectivity index (χ2n) is 7.10. The molecule has 3 atom stereocenters. The largest absolute Gasteiger partial charge is 0.444 e. The Labute approximate surface area is 127 Å². The predicted molar refractivity (Wildman–Crippen MR) is 80.1 cm³/mol. The minimum Gasteiger partial charge on any atom is -0.444 e. The SMILES string of the molecule is CC1CC(OC2CCCCO2)CCN1C(=O)OC(C)(C)C. The highest BCUT2D eigenvalue weighted by atomic mass is 16.7. The van der Waals surface area contributed by atoms with Crippen LogP contribution in [0.5, 0.6) is 0 Å². The van der Waals surface area contributed by atoms with Crippen molar-refractivity contribution in [3.63, 3.8) is 0 Å². The van der Waals surface area contributed by atoms with Gasteiger partial charge in [-0.2, -0.15) is 0 Å². The van der Waals surface area contributed by atoms with Crippen molar-refractivity contribution in [2.24, 2.45) is 0 Å². The van der Waals surface area contributed by atoms with Gasteiger partial charge in [0.1, 0.15) is 5.60 Å². The van der Waals surface area contributed by atoms with E-state index in [0.29, 0.717) is 6.54 Å². The zero-order chi connectivity index (χ0) is 15.5. The molecule has 0 radical (unpaired) electrons. The molecule has 2 rings (SSSR count). The number of hydrogen-bond acceptors (Lipinski definition) is 4. The molecule has 2 heterocycles. The molecule has 5 heteroatoms. The number of carbonyl (C=O) groups is 1. The monoisotopic (exact) mass is 299 g/mol. The van der Waals surface area contributed by atoms with Gasteiger partial charge in [0.25, 0.3) is 0 Å². The van der Waals surface area contributed by atoms with Gasteiger partial charge in [-0.3, -0.25) is 0 Å². The van der Waals surface area contributed by atoms with Gasteiger partial charge < -0.3 is 19.1 Å². The summed E-state index contributed by atoms with van der Waals surface area (Å²) in [5.74, 6) is 0. The zero-order valence-electron chi connectivity index (χ0n) is 13.8. The first-order valence-electron chi connectivity index (χ1n) is 8.12. The molecule has 0 aromatic heterocycles. The average Bonchev–Trinajstić information content (AvgIpc) is 2.37. The van der Waals surface area contributed by atoms with Crippen molar-refractivity contribution in [1.29, 1.82) is 0 Å². The molecule has 2 fully saturated rings. The lowest BCUT2D eigenvalue weighted by Gasteiger charge is -2.39. The van der Waals surface area contributed by atoms with Crippen molar-refractivity contribution in [2.45, 2.75) is 83.8 Å². The van der Waals surface area contributed by atoms with Crippen LogP contribution in [-0.2, 0) is 14.2 Å². The molecule has 0 bridgehead atoms. The maximum Gasteiger partial charge on any atom is 0.410 e. The first kappa shape index (κ1) is 16.6. The van der Waals surface area contributed by atoms with Crippen molar-refractivity contribution < 1.29 is 19.0 Å². The summed E-state index contributed by atoms with van der Waals surface area (Å²) in [5, 5.41) is 0. The summed E-state index contributed by atoms with van der Waals surface area (Å²) >= 11 is 0.